The molecule has 5 heteroatoms. The normalized spacial score (nSPS) is 43.7. The van der Waals surface area contributed by atoms with E-state index in [2.05, 4.69) is 6.42 Å². The highest BCUT2D eigenvalue weighted by Gasteiger charge is 2.45. The predicted molar refractivity (Wildman–Crippen MR) is 71.1 cm³/mol. The van der Waals surface area contributed by atoms with E-state index >= 15 is 0 Å². The Morgan fingerprint density at radius 3 is 2.56 bits per heavy atom. The lowest BCUT2D eigenvalue weighted by Crippen LogP contribution is -2.55. The number of rotatable bonds is 2. The van der Waals surface area contributed by atoms with Crippen molar-refractivity contribution in [2.24, 2.45) is 5.92 Å². The molecule has 4 nitrogen and oxygen atoms in total. The maximum atomic E-state index is 10.1. The summed E-state index contributed by atoms with van der Waals surface area (Å²) < 4.78 is 0. The second-order valence-electron chi connectivity index (χ2n) is 5.36. The van der Waals surface area contributed by atoms with Gasteiger partial charge in [0.15, 0.2) is 0 Å². The van der Waals surface area contributed by atoms with Crippen LogP contribution < -0.4 is 0 Å². The third-order valence-electron chi connectivity index (χ3n) is 4.10. The molecule has 1 saturated carbocycles. The van der Waals surface area contributed by atoms with Gasteiger partial charge < -0.3 is 20.4 Å². The fourth-order valence-electron chi connectivity index (χ4n) is 2.96. The molecular weight excluding hydrogens is 252 g/mol. The van der Waals surface area contributed by atoms with Crippen LogP contribution in [0, 0.1) is 12.3 Å². The average Bonchev–Trinajstić information content (AvgIpc) is 2.65. The minimum atomic E-state index is -1.14. The van der Waals surface area contributed by atoms with Crippen molar-refractivity contribution in [1.82, 2.24) is 0 Å². The summed E-state index contributed by atoms with van der Waals surface area (Å²) in [5.74, 6) is 0.337. The summed E-state index contributed by atoms with van der Waals surface area (Å²) in [4.78, 5) is 0. The molecule has 1 aliphatic heterocycles. The van der Waals surface area contributed by atoms with Crippen molar-refractivity contribution in [3.8, 4) is 0 Å². The van der Waals surface area contributed by atoms with Crippen molar-refractivity contribution in [3.05, 3.63) is 6.42 Å². The monoisotopic (exact) mass is 275 g/mol. The molecule has 105 valence electrons. The first-order valence-corrected chi connectivity index (χ1v) is 7.71. The van der Waals surface area contributed by atoms with E-state index in [1.807, 2.05) is 0 Å². The molecule has 0 aromatic rings. The summed E-state index contributed by atoms with van der Waals surface area (Å²) in [6.07, 6.45) is 4.64. The van der Waals surface area contributed by atoms with Gasteiger partial charge in [0.2, 0.25) is 0 Å². The van der Waals surface area contributed by atoms with Crippen LogP contribution in [0.2, 0.25) is 0 Å². The molecule has 2 rings (SSSR count). The lowest BCUT2D eigenvalue weighted by atomic mass is 9.89. The molecular formula is C13H23O4S. The van der Waals surface area contributed by atoms with Crippen LogP contribution >= 0.6 is 11.8 Å². The van der Waals surface area contributed by atoms with Crippen LogP contribution in [0.5, 0.6) is 0 Å². The number of hydrogen-bond donors (Lipinski definition) is 4. The van der Waals surface area contributed by atoms with Crippen LogP contribution in [0.1, 0.15) is 32.1 Å². The largest absolute Gasteiger partial charge is 0.395 e. The van der Waals surface area contributed by atoms with Gasteiger partial charge in [-0.15, -0.1) is 11.8 Å². The van der Waals surface area contributed by atoms with Gasteiger partial charge in [-0.2, -0.15) is 0 Å². The molecule has 0 spiro atoms. The Hall–Kier alpha value is 0.190. The van der Waals surface area contributed by atoms with Crippen molar-refractivity contribution in [1.29, 1.82) is 0 Å². The zero-order chi connectivity index (χ0) is 13.1. The molecule has 1 unspecified atom stereocenters. The van der Waals surface area contributed by atoms with Gasteiger partial charge in [-0.25, -0.2) is 0 Å². The van der Waals surface area contributed by atoms with E-state index < -0.39 is 23.6 Å². The van der Waals surface area contributed by atoms with Gasteiger partial charge in [-0.1, -0.05) is 19.3 Å². The number of thioether (sulfide) groups is 1. The van der Waals surface area contributed by atoms with E-state index in [0.717, 1.165) is 25.7 Å². The minimum absolute atomic E-state index is 0.0881. The van der Waals surface area contributed by atoms with Gasteiger partial charge in [0.1, 0.15) is 6.10 Å². The van der Waals surface area contributed by atoms with Gasteiger partial charge in [-0.3, -0.25) is 0 Å². The zero-order valence-electron chi connectivity index (χ0n) is 10.5. The van der Waals surface area contributed by atoms with E-state index in [1.54, 1.807) is 0 Å². The number of aliphatic hydroxyl groups excluding tert-OH is 4. The number of hydrogen-bond acceptors (Lipinski definition) is 5. The molecule has 1 heterocycles. The first kappa shape index (κ1) is 14.6. The second-order valence-corrected chi connectivity index (χ2v) is 6.78. The minimum Gasteiger partial charge on any atom is -0.395 e. The lowest BCUT2D eigenvalue weighted by Gasteiger charge is -2.42. The van der Waals surface area contributed by atoms with Gasteiger partial charge in [0, 0.05) is 5.25 Å². The molecule has 18 heavy (non-hydrogen) atoms. The third-order valence-corrected chi connectivity index (χ3v) is 5.85. The van der Waals surface area contributed by atoms with Crippen molar-refractivity contribution >= 4 is 11.8 Å². The molecule has 1 aliphatic carbocycles. The maximum absolute atomic E-state index is 10.1. The van der Waals surface area contributed by atoms with E-state index in [1.165, 1.54) is 18.2 Å². The molecule has 0 aromatic carbocycles. The van der Waals surface area contributed by atoms with Gasteiger partial charge in [0.05, 0.1) is 24.1 Å². The van der Waals surface area contributed by atoms with E-state index in [9.17, 15) is 20.4 Å². The summed E-state index contributed by atoms with van der Waals surface area (Å²) in [5.41, 5.74) is 0. The van der Waals surface area contributed by atoms with Gasteiger partial charge in [-0.05, 0) is 25.2 Å². The predicted octanol–water partition coefficient (Wildman–Crippen LogP) is 0.330. The lowest BCUT2D eigenvalue weighted by molar-refractivity contribution is -0.0748. The highest BCUT2D eigenvalue weighted by Crippen LogP contribution is 2.41. The van der Waals surface area contributed by atoms with E-state index in [0.29, 0.717) is 5.92 Å². The van der Waals surface area contributed by atoms with Gasteiger partial charge >= 0.3 is 0 Å². The highest BCUT2D eigenvalue weighted by atomic mass is 32.2. The summed E-state index contributed by atoms with van der Waals surface area (Å²) in [6, 6.07) is 0. The first-order chi connectivity index (χ1) is 8.65. The van der Waals surface area contributed by atoms with Gasteiger partial charge in [0.25, 0.3) is 0 Å². The zero-order valence-corrected chi connectivity index (χ0v) is 11.3. The topological polar surface area (TPSA) is 80.9 Å². The number of aliphatic hydroxyl groups is 4. The molecule has 1 saturated heterocycles. The van der Waals surface area contributed by atoms with Crippen molar-refractivity contribution in [2.45, 2.75) is 60.9 Å². The Kier molecular flexibility index (Phi) is 5.33. The Bertz CT molecular complexity index is 253. The van der Waals surface area contributed by atoms with Crippen LogP contribution in [-0.4, -0.2) is 55.8 Å². The fraction of sp³-hybridized carbons (Fsp3) is 0.923. The summed E-state index contributed by atoms with van der Waals surface area (Å²) >= 11 is 1.44. The highest BCUT2D eigenvalue weighted by molar-refractivity contribution is 8.00. The Labute approximate surface area is 112 Å². The fourth-order valence-corrected chi connectivity index (χ4v) is 4.57. The second kappa shape index (κ2) is 6.57. The van der Waals surface area contributed by atoms with Crippen LogP contribution in [-0.2, 0) is 0 Å². The van der Waals surface area contributed by atoms with Crippen LogP contribution in [0.4, 0.5) is 0 Å². The SMILES string of the molecule is OC[C@@H]1S[C@H](C2C[CH]CCCC2)[C@H](O)[C@@H](O)[C@H]1O. The van der Waals surface area contributed by atoms with Crippen molar-refractivity contribution < 1.29 is 20.4 Å². The molecule has 0 aromatic heterocycles. The van der Waals surface area contributed by atoms with Crippen molar-refractivity contribution in [2.75, 3.05) is 6.61 Å². The molecule has 0 amide bonds. The Morgan fingerprint density at radius 1 is 1.06 bits per heavy atom. The molecule has 2 aliphatic rings. The maximum Gasteiger partial charge on any atom is 0.108 e. The summed E-state index contributed by atoms with van der Waals surface area (Å²) in [7, 11) is 0. The van der Waals surface area contributed by atoms with Crippen LogP contribution in [0.25, 0.3) is 0 Å². The Morgan fingerprint density at radius 2 is 1.83 bits per heavy atom. The first-order valence-electron chi connectivity index (χ1n) is 6.77. The molecule has 4 N–H and O–H groups in total. The molecule has 2 fully saturated rings. The average molecular weight is 275 g/mol. The standard InChI is InChI=1S/C13H23O4S/c14-7-9-10(15)11(16)12(17)13(18-9)8-5-3-1-2-4-6-8/h3,8-17H,1-2,4-7H2/t8?,9-,10-,11-,12+,13+/m0/s1. The molecule has 1 radical (unpaired) electrons. The smallest absolute Gasteiger partial charge is 0.108 e. The van der Waals surface area contributed by atoms with Crippen LogP contribution in [0.3, 0.4) is 0 Å². The Balaban J connectivity index is 2.05. The van der Waals surface area contributed by atoms with Crippen molar-refractivity contribution in [3.63, 3.8) is 0 Å². The molecule has 6 atom stereocenters. The quantitative estimate of drug-likeness (QED) is 0.546. The van der Waals surface area contributed by atoms with E-state index in [4.69, 9.17) is 0 Å². The third kappa shape index (κ3) is 3.02. The summed E-state index contributed by atoms with van der Waals surface area (Å²) in [6.45, 7) is -0.164. The van der Waals surface area contributed by atoms with E-state index in [-0.39, 0.29) is 11.9 Å². The van der Waals surface area contributed by atoms with Crippen LogP contribution in [0.15, 0.2) is 0 Å². The summed E-state index contributed by atoms with van der Waals surface area (Å²) in [5, 5.41) is 38.6. The molecule has 0 bridgehead atoms.